The fourth-order valence-corrected chi connectivity index (χ4v) is 2.41. The molecule has 1 saturated heterocycles. The molecule has 1 unspecified atom stereocenters. The number of nitrogens with one attached hydrogen (secondary N) is 1. The first kappa shape index (κ1) is 14.4. The van der Waals surface area contributed by atoms with E-state index in [4.69, 9.17) is 0 Å². The van der Waals surface area contributed by atoms with Gasteiger partial charge in [-0.2, -0.15) is 0 Å². The number of rotatable bonds is 2. The molecule has 4 heteroatoms. The highest BCUT2D eigenvalue weighted by Gasteiger charge is 2.34. The SMILES string of the molecule is CC(O)(c1ccc(F)cc1)C1CCNCC1.Cl. The first-order valence-corrected chi connectivity index (χ1v) is 5.80. The molecule has 2 rings (SSSR count). The Bertz CT molecular complexity index is 347. The van der Waals surface area contributed by atoms with Crippen LogP contribution in [0.4, 0.5) is 4.39 Å². The monoisotopic (exact) mass is 259 g/mol. The van der Waals surface area contributed by atoms with E-state index in [2.05, 4.69) is 5.32 Å². The van der Waals surface area contributed by atoms with Crippen molar-refractivity contribution in [1.29, 1.82) is 0 Å². The molecule has 0 aliphatic carbocycles. The summed E-state index contributed by atoms with van der Waals surface area (Å²) in [4.78, 5) is 0. The molecule has 2 N–H and O–H groups in total. The highest BCUT2D eigenvalue weighted by atomic mass is 35.5. The largest absolute Gasteiger partial charge is 0.385 e. The lowest BCUT2D eigenvalue weighted by Crippen LogP contribution is -2.39. The van der Waals surface area contributed by atoms with Gasteiger partial charge < -0.3 is 10.4 Å². The van der Waals surface area contributed by atoms with Crippen LogP contribution in [0.3, 0.4) is 0 Å². The molecular weight excluding hydrogens is 241 g/mol. The lowest BCUT2D eigenvalue weighted by Gasteiger charge is -2.36. The molecule has 1 aromatic carbocycles. The summed E-state index contributed by atoms with van der Waals surface area (Å²) in [6.45, 7) is 3.72. The summed E-state index contributed by atoms with van der Waals surface area (Å²) in [6.07, 6.45) is 1.93. The Morgan fingerprint density at radius 3 is 2.29 bits per heavy atom. The van der Waals surface area contributed by atoms with Crippen LogP contribution in [0.5, 0.6) is 0 Å². The third-order valence-electron chi connectivity index (χ3n) is 3.56. The van der Waals surface area contributed by atoms with Crippen LogP contribution >= 0.6 is 12.4 Å². The zero-order chi connectivity index (χ0) is 11.6. The Kier molecular flexibility index (Phi) is 4.92. The summed E-state index contributed by atoms with van der Waals surface area (Å²) in [7, 11) is 0. The van der Waals surface area contributed by atoms with Crippen LogP contribution in [0, 0.1) is 11.7 Å². The van der Waals surface area contributed by atoms with E-state index in [0.717, 1.165) is 31.5 Å². The molecule has 1 fully saturated rings. The van der Waals surface area contributed by atoms with Crippen LogP contribution < -0.4 is 5.32 Å². The molecule has 0 radical (unpaired) electrons. The molecule has 0 aromatic heterocycles. The summed E-state index contributed by atoms with van der Waals surface area (Å²) in [6, 6.07) is 6.17. The maximum atomic E-state index is 12.8. The van der Waals surface area contributed by atoms with Crippen molar-refractivity contribution in [2.75, 3.05) is 13.1 Å². The summed E-state index contributed by atoms with van der Waals surface area (Å²) >= 11 is 0. The quantitative estimate of drug-likeness (QED) is 0.855. The van der Waals surface area contributed by atoms with E-state index in [9.17, 15) is 9.50 Å². The molecule has 0 spiro atoms. The second kappa shape index (κ2) is 5.80. The van der Waals surface area contributed by atoms with Crippen molar-refractivity contribution >= 4 is 12.4 Å². The van der Waals surface area contributed by atoms with E-state index < -0.39 is 5.60 Å². The zero-order valence-electron chi connectivity index (χ0n) is 9.95. The average molecular weight is 260 g/mol. The van der Waals surface area contributed by atoms with Crippen LogP contribution in [0.1, 0.15) is 25.3 Å². The summed E-state index contributed by atoms with van der Waals surface area (Å²) in [5.74, 6) is -0.0101. The molecule has 1 aromatic rings. The zero-order valence-corrected chi connectivity index (χ0v) is 10.8. The van der Waals surface area contributed by atoms with E-state index in [1.165, 1.54) is 12.1 Å². The molecule has 2 nitrogen and oxygen atoms in total. The predicted octanol–water partition coefficient (Wildman–Crippen LogP) is 2.45. The van der Waals surface area contributed by atoms with Crippen LogP contribution in [0.15, 0.2) is 24.3 Å². The molecule has 17 heavy (non-hydrogen) atoms. The van der Waals surface area contributed by atoms with Gasteiger partial charge in [0.25, 0.3) is 0 Å². The van der Waals surface area contributed by atoms with Crippen LogP contribution in [0.25, 0.3) is 0 Å². The lowest BCUT2D eigenvalue weighted by molar-refractivity contribution is -0.0186. The second-order valence-corrected chi connectivity index (χ2v) is 4.68. The number of benzene rings is 1. The molecule has 0 saturated carbocycles. The minimum absolute atomic E-state index is 0. The lowest BCUT2D eigenvalue weighted by atomic mass is 9.78. The van der Waals surface area contributed by atoms with Crippen molar-refractivity contribution in [1.82, 2.24) is 5.32 Å². The molecule has 0 amide bonds. The standard InChI is InChI=1S/C13H18FNO.ClH/c1-13(16,11-6-8-15-9-7-11)10-2-4-12(14)5-3-10;/h2-5,11,15-16H,6-9H2,1H3;1H. The smallest absolute Gasteiger partial charge is 0.123 e. The highest BCUT2D eigenvalue weighted by molar-refractivity contribution is 5.85. The van der Waals surface area contributed by atoms with E-state index in [0.29, 0.717) is 0 Å². The van der Waals surface area contributed by atoms with Crippen molar-refractivity contribution in [3.63, 3.8) is 0 Å². The fourth-order valence-electron chi connectivity index (χ4n) is 2.41. The molecule has 1 atom stereocenters. The number of hydrogen-bond donors (Lipinski definition) is 2. The average Bonchev–Trinajstić information content (AvgIpc) is 2.31. The summed E-state index contributed by atoms with van der Waals surface area (Å²) in [5.41, 5.74) is -0.0451. The molecule has 0 bridgehead atoms. The Hall–Kier alpha value is -0.640. The van der Waals surface area contributed by atoms with E-state index in [1.54, 1.807) is 12.1 Å². The molecule has 1 heterocycles. The third kappa shape index (κ3) is 3.18. The van der Waals surface area contributed by atoms with E-state index in [-0.39, 0.29) is 24.1 Å². The Balaban J connectivity index is 0.00000144. The summed E-state index contributed by atoms with van der Waals surface area (Å²) < 4.78 is 12.8. The van der Waals surface area contributed by atoms with E-state index >= 15 is 0 Å². The Morgan fingerprint density at radius 1 is 1.24 bits per heavy atom. The van der Waals surface area contributed by atoms with Gasteiger partial charge in [0.15, 0.2) is 0 Å². The molecule has 1 aliphatic rings. The Morgan fingerprint density at radius 2 is 1.76 bits per heavy atom. The van der Waals surface area contributed by atoms with Gasteiger partial charge in [0.05, 0.1) is 5.60 Å². The number of piperidine rings is 1. The third-order valence-corrected chi connectivity index (χ3v) is 3.56. The van der Waals surface area contributed by atoms with Gasteiger partial charge in [-0.15, -0.1) is 12.4 Å². The normalized spacial score (nSPS) is 20.4. The van der Waals surface area contributed by atoms with Gasteiger partial charge in [-0.1, -0.05) is 12.1 Å². The second-order valence-electron chi connectivity index (χ2n) is 4.68. The number of halogens is 2. The van der Waals surface area contributed by atoms with Gasteiger partial charge in [-0.3, -0.25) is 0 Å². The van der Waals surface area contributed by atoms with E-state index in [1.807, 2.05) is 6.92 Å². The first-order chi connectivity index (χ1) is 7.60. The first-order valence-electron chi connectivity index (χ1n) is 5.80. The van der Waals surface area contributed by atoms with Crippen molar-refractivity contribution in [2.24, 2.45) is 5.92 Å². The predicted molar refractivity (Wildman–Crippen MR) is 68.8 cm³/mol. The highest BCUT2D eigenvalue weighted by Crippen LogP contribution is 2.34. The van der Waals surface area contributed by atoms with Crippen molar-refractivity contribution in [2.45, 2.75) is 25.4 Å². The van der Waals surface area contributed by atoms with Gasteiger partial charge in [0.2, 0.25) is 0 Å². The molecule has 96 valence electrons. The topological polar surface area (TPSA) is 32.3 Å². The molecular formula is C13H19ClFNO. The van der Waals surface area contributed by atoms with Gasteiger partial charge in [0.1, 0.15) is 5.82 Å². The van der Waals surface area contributed by atoms with Crippen LogP contribution in [-0.2, 0) is 5.60 Å². The Labute approximate surface area is 108 Å². The fraction of sp³-hybridized carbons (Fsp3) is 0.538. The minimum atomic E-state index is -0.851. The van der Waals surface area contributed by atoms with Gasteiger partial charge in [-0.05, 0) is 56.5 Å². The van der Waals surface area contributed by atoms with Crippen molar-refractivity contribution in [3.05, 3.63) is 35.6 Å². The van der Waals surface area contributed by atoms with Crippen molar-refractivity contribution in [3.8, 4) is 0 Å². The van der Waals surface area contributed by atoms with Crippen LogP contribution in [-0.4, -0.2) is 18.2 Å². The molecule has 1 aliphatic heterocycles. The van der Waals surface area contributed by atoms with Crippen LogP contribution in [0.2, 0.25) is 0 Å². The van der Waals surface area contributed by atoms with Crippen molar-refractivity contribution < 1.29 is 9.50 Å². The van der Waals surface area contributed by atoms with Gasteiger partial charge >= 0.3 is 0 Å². The summed E-state index contributed by atoms with van der Waals surface area (Å²) in [5, 5.41) is 13.8. The minimum Gasteiger partial charge on any atom is -0.385 e. The maximum Gasteiger partial charge on any atom is 0.123 e. The number of aliphatic hydroxyl groups is 1. The number of hydrogen-bond acceptors (Lipinski definition) is 2. The van der Waals surface area contributed by atoms with Gasteiger partial charge in [-0.25, -0.2) is 4.39 Å². The van der Waals surface area contributed by atoms with Gasteiger partial charge in [0, 0.05) is 0 Å². The maximum absolute atomic E-state index is 12.8.